The maximum absolute atomic E-state index is 13.5. The van der Waals surface area contributed by atoms with Crippen molar-refractivity contribution in [3.05, 3.63) is 38.7 Å². The third kappa shape index (κ3) is 4.54. The van der Waals surface area contributed by atoms with E-state index in [0.29, 0.717) is 11.5 Å². The van der Waals surface area contributed by atoms with Gasteiger partial charge in [0, 0.05) is 5.57 Å². The summed E-state index contributed by atoms with van der Waals surface area (Å²) in [7, 11) is 0. The maximum atomic E-state index is 13.5. The predicted molar refractivity (Wildman–Crippen MR) is 94.8 cm³/mol. The Kier molecular flexibility index (Phi) is 5.78. The zero-order valence-corrected chi connectivity index (χ0v) is 16.1. The van der Waals surface area contributed by atoms with Gasteiger partial charge < -0.3 is 10.4 Å². The van der Waals surface area contributed by atoms with E-state index >= 15 is 0 Å². The second-order valence-corrected chi connectivity index (χ2v) is 8.71. The minimum atomic E-state index is -1.27. The normalized spacial score (nSPS) is 13.7. The van der Waals surface area contributed by atoms with Crippen molar-refractivity contribution < 1.29 is 14.3 Å². The van der Waals surface area contributed by atoms with Crippen LogP contribution in [0.2, 0.25) is 0 Å². The highest BCUT2D eigenvalue weighted by Crippen LogP contribution is 2.26. The summed E-state index contributed by atoms with van der Waals surface area (Å²) in [5, 5.41) is 15.7. The van der Waals surface area contributed by atoms with Crippen molar-refractivity contribution in [3.8, 4) is 5.13 Å². The minimum Gasteiger partial charge on any atom is -0.465 e. The zero-order valence-electron chi connectivity index (χ0n) is 13.7. The van der Waals surface area contributed by atoms with Crippen LogP contribution in [0.1, 0.15) is 20.8 Å². The average Bonchev–Trinajstić information content (AvgIpc) is 3.08. The molecule has 2 aromatic heterocycles. The summed E-state index contributed by atoms with van der Waals surface area (Å²) in [5.41, 5.74) is -0.991. The summed E-state index contributed by atoms with van der Waals surface area (Å²) < 4.78 is 16.5. The van der Waals surface area contributed by atoms with Gasteiger partial charge in [-0.2, -0.15) is 5.10 Å². The Balaban J connectivity index is 2.32. The molecular weight excluding hydrogens is 417 g/mol. The summed E-state index contributed by atoms with van der Waals surface area (Å²) in [6.07, 6.45) is 1.89. The lowest BCUT2D eigenvalue weighted by Gasteiger charge is -2.31. The van der Waals surface area contributed by atoms with E-state index in [2.05, 4.69) is 31.3 Å². The van der Waals surface area contributed by atoms with E-state index < -0.39 is 23.2 Å². The lowest BCUT2D eigenvalue weighted by Crippen LogP contribution is -2.45. The summed E-state index contributed by atoms with van der Waals surface area (Å²) in [6, 6.07) is -0.818. The summed E-state index contributed by atoms with van der Waals surface area (Å²) in [6.45, 7) is 5.12. The summed E-state index contributed by atoms with van der Waals surface area (Å²) in [4.78, 5) is 27.6. The molecule has 2 N–H and O–H groups in total. The van der Waals surface area contributed by atoms with Crippen LogP contribution in [0.4, 0.5) is 9.18 Å². The van der Waals surface area contributed by atoms with Crippen molar-refractivity contribution in [1.29, 1.82) is 0 Å². The molecule has 1 amide bonds. The van der Waals surface area contributed by atoms with Gasteiger partial charge in [0.2, 0.25) is 0 Å². The Labute approximate surface area is 155 Å². The molecule has 0 aliphatic heterocycles. The van der Waals surface area contributed by atoms with Gasteiger partial charge in [-0.05, 0) is 21.3 Å². The topological polar surface area (TPSA) is 102 Å². The molecule has 1 unspecified atom stereocenters. The number of carboxylic acid groups (broad SMARTS) is 1. The molecule has 0 aliphatic rings. The van der Waals surface area contributed by atoms with E-state index in [1.807, 2.05) is 0 Å². The smallest absolute Gasteiger partial charge is 0.405 e. The molecule has 136 valence electrons. The second kappa shape index (κ2) is 7.48. The van der Waals surface area contributed by atoms with E-state index in [4.69, 9.17) is 5.11 Å². The standard InChI is InChI=1S/C14H17BrFN5O3S/c1-14(2,3)10(19-12(22)23)8(4-16)6-21-13(24)20(7-18-21)11-17-5-9(15)25-11/h4-5,7,10,19H,6H2,1-3H3,(H,22,23). The van der Waals surface area contributed by atoms with E-state index in [1.165, 1.54) is 22.2 Å². The highest BCUT2D eigenvalue weighted by molar-refractivity contribution is 9.11. The van der Waals surface area contributed by atoms with Crippen LogP contribution in [0.5, 0.6) is 0 Å². The number of nitrogens with one attached hydrogen (secondary N) is 1. The Morgan fingerprint density at radius 3 is 2.72 bits per heavy atom. The van der Waals surface area contributed by atoms with Crippen LogP contribution < -0.4 is 11.0 Å². The number of carbonyl (C=O) groups is 1. The SMILES string of the molecule is CC(C)(C)C(NC(=O)O)C(=CF)Cn1ncn(-c2ncc(Br)s2)c1=O. The minimum absolute atomic E-state index is 0.0996. The number of aromatic nitrogens is 4. The lowest BCUT2D eigenvalue weighted by molar-refractivity contribution is 0.179. The molecule has 0 bridgehead atoms. The van der Waals surface area contributed by atoms with Crippen molar-refractivity contribution in [1.82, 2.24) is 24.6 Å². The van der Waals surface area contributed by atoms with Crippen molar-refractivity contribution in [2.75, 3.05) is 0 Å². The maximum Gasteiger partial charge on any atom is 0.405 e. The monoisotopic (exact) mass is 433 g/mol. The highest BCUT2D eigenvalue weighted by atomic mass is 79.9. The number of halogens is 2. The van der Waals surface area contributed by atoms with Crippen molar-refractivity contribution in [3.63, 3.8) is 0 Å². The fourth-order valence-corrected chi connectivity index (χ4v) is 3.43. The van der Waals surface area contributed by atoms with Crippen molar-refractivity contribution in [2.45, 2.75) is 33.4 Å². The number of hydrogen-bond donors (Lipinski definition) is 2. The van der Waals surface area contributed by atoms with Gasteiger partial charge in [-0.1, -0.05) is 32.1 Å². The van der Waals surface area contributed by atoms with Gasteiger partial charge in [0.15, 0.2) is 5.13 Å². The number of nitrogens with zero attached hydrogens (tertiary/aromatic N) is 4. The molecule has 0 fully saturated rings. The molecule has 1 atom stereocenters. The molecule has 0 saturated heterocycles. The Morgan fingerprint density at radius 2 is 2.24 bits per heavy atom. The number of rotatable bonds is 5. The number of hydrogen-bond acceptors (Lipinski definition) is 5. The Bertz CT molecular complexity index is 851. The van der Waals surface area contributed by atoms with E-state index in [1.54, 1.807) is 27.0 Å². The highest BCUT2D eigenvalue weighted by Gasteiger charge is 2.30. The van der Waals surface area contributed by atoms with E-state index in [9.17, 15) is 14.0 Å². The van der Waals surface area contributed by atoms with Crippen molar-refractivity contribution >= 4 is 33.4 Å². The molecule has 0 radical (unpaired) electrons. The molecule has 2 rings (SSSR count). The molecule has 0 aliphatic carbocycles. The van der Waals surface area contributed by atoms with E-state index in [-0.39, 0.29) is 12.1 Å². The summed E-state index contributed by atoms with van der Waals surface area (Å²) in [5.74, 6) is 0. The van der Waals surface area contributed by atoms with Gasteiger partial charge in [-0.15, -0.1) is 0 Å². The molecule has 8 nitrogen and oxygen atoms in total. The van der Waals surface area contributed by atoms with Gasteiger partial charge in [-0.25, -0.2) is 28.2 Å². The molecule has 2 heterocycles. The summed E-state index contributed by atoms with van der Waals surface area (Å²) >= 11 is 4.52. The zero-order chi connectivity index (χ0) is 18.8. The fourth-order valence-electron chi connectivity index (χ4n) is 2.28. The Hall–Kier alpha value is -2.01. The molecular formula is C14H17BrFN5O3S. The molecule has 0 spiro atoms. The predicted octanol–water partition coefficient (Wildman–Crippen LogP) is 2.79. The Morgan fingerprint density at radius 1 is 1.56 bits per heavy atom. The number of amides is 1. The first kappa shape index (κ1) is 19.3. The first-order valence-electron chi connectivity index (χ1n) is 7.18. The molecule has 25 heavy (non-hydrogen) atoms. The van der Waals surface area contributed by atoms with Crippen molar-refractivity contribution in [2.24, 2.45) is 5.41 Å². The van der Waals surface area contributed by atoms with Gasteiger partial charge in [0.1, 0.15) is 6.33 Å². The molecule has 11 heteroatoms. The first-order chi connectivity index (χ1) is 11.6. The van der Waals surface area contributed by atoms with Gasteiger partial charge in [-0.3, -0.25) is 0 Å². The second-order valence-electron chi connectivity index (χ2n) is 6.32. The van der Waals surface area contributed by atoms with Crippen LogP contribution in [0.15, 0.2) is 33.0 Å². The fraction of sp³-hybridized carbons (Fsp3) is 0.429. The number of thiazole rings is 1. The van der Waals surface area contributed by atoms with Gasteiger partial charge in [0.25, 0.3) is 0 Å². The van der Waals surface area contributed by atoms with Crippen LogP contribution in [-0.2, 0) is 6.54 Å². The average molecular weight is 434 g/mol. The van der Waals surface area contributed by atoms with Crippen LogP contribution >= 0.6 is 27.3 Å². The molecule has 0 saturated carbocycles. The lowest BCUT2D eigenvalue weighted by atomic mass is 9.82. The third-order valence-corrected chi connectivity index (χ3v) is 4.86. The van der Waals surface area contributed by atoms with Crippen LogP contribution in [0.25, 0.3) is 5.13 Å². The van der Waals surface area contributed by atoms with Crippen LogP contribution in [0.3, 0.4) is 0 Å². The van der Waals surface area contributed by atoms with Crippen LogP contribution in [-0.4, -0.2) is 36.6 Å². The third-order valence-electron chi connectivity index (χ3n) is 3.38. The quantitative estimate of drug-likeness (QED) is 0.754. The van der Waals surface area contributed by atoms with Crippen LogP contribution in [0, 0.1) is 5.41 Å². The molecule has 0 aromatic carbocycles. The van der Waals surface area contributed by atoms with E-state index in [0.717, 1.165) is 8.47 Å². The van der Waals surface area contributed by atoms with Gasteiger partial charge >= 0.3 is 11.8 Å². The van der Waals surface area contributed by atoms with Gasteiger partial charge in [0.05, 0.1) is 28.9 Å². The first-order valence-corrected chi connectivity index (χ1v) is 8.79. The molecule has 2 aromatic rings. The largest absolute Gasteiger partial charge is 0.465 e.